The fourth-order valence-electron chi connectivity index (χ4n) is 2.33. The van der Waals surface area contributed by atoms with E-state index in [0.717, 1.165) is 6.42 Å². The maximum absolute atomic E-state index is 12.5. The summed E-state index contributed by atoms with van der Waals surface area (Å²) in [5.41, 5.74) is 0.390. The Labute approximate surface area is 126 Å². The van der Waals surface area contributed by atoms with Gasteiger partial charge in [-0.2, -0.15) is 0 Å². The second-order valence-electron chi connectivity index (χ2n) is 4.76. The minimum atomic E-state index is -0.424. The summed E-state index contributed by atoms with van der Waals surface area (Å²) in [7, 11) is 0. The van der Waals surface area contributed by atoms with Crippen molar-refractivity contribution in [2.45, 2.75) is 25.8 Å². The molecular formula is C14H17BrN2O3. The third kappa shape index (κ3) is 2.95. The Bertz CT molecular complexity index is 533. The van der Waals surface area contributed by atoms with E-state index >= 15 is 0 Å². The third-order valence-corrected chi connectivity index (χ3v) is 4.02. The third-order valence-electron chi connectivity index (χ3n) is 3.35. The zero-order chi connectivity index (χ0) is 14.7. The molecule has 20 heavy (non-hydrogen) atoms. The van der Waals surface area contributed by atoms with Crippen molar-refractivity contribution in [1.82, 2.24) is 10.2 Å². The molecule has 0 saturated carbocycles. The van der Waals surface area contributed by atoms with Crippen molar-refractivity contribution in [2.24, 2.45) is 0 Å². The molecule has 1 fully saturated rings. The van der Waals surface area contributed by atoms with E-state index in [1.807, 2.05) is 6.92 Å². The highest BCUT2D eigenvalue weighted by atomic mass is 79.9. The molecule has 1 aliphatic rings. The Morgan fingerprint density at radius 1 is 1.55 bits per heavy atom. The molecule has 0 spiro atoms. The number of hydrogen-bond donors (Lipinski definition) is 2. The highest BCUT2D eigenvalue weighted by Crippen LogP contribution is 2.25. The maximum Gasteiger partial charge on any atom is 0.254 e. The van der Waals surface area contributed by atoms with Gasteiger partial charge in [0.15, 0.2) is 0 Å². The molecule has 0 aromatic heterocycles. The van der Waals surface area contributed by atoms with Crippen LogP contribution in [0.5, 0.6) is 5.75 Å². The second kappa shape index (κ2) is 6.26. The van der Waals surface area contributed by atoms with Gasteiger partial charge in [-0.15, -0.1) is 0 Å². The molecule has 1 aliphatic heterocycles. The SMILES string of the molecule is CCC[C@@H]1C(=O)NCCN1C(=O)c1ccc(Br)c(O)c1. The number of benzene rings is 1. The van der Waals surface area contributed by atoms with Gasteiger partial charge in [-0.25, -0.2) is 0 Å². The quantitative estimate of drug-likeness (QED) is 0.882. The van der Waals surface area contributed by atoms with Crippen molar-refractivity contribution in [1.29, 1.82) is 0 Å². The summed E-state index contributed by atoms with van der Waals surface area (Å²) in [5.74, 6) is -0.307. The lowest BCUT2D eigenvalue weighted by Gasteiger charge is -2.35. The molecule has 0 aliphatic carbocycles. The number of phenolic OH excluding ortho intramolecular Hbond substituents is 1. The molecule has 1 saturated heterocycles. The Kier molecular flexibility index (Phi) is 4.65. The number of nitrogens with one attached hydrogen (secondary N) is 1. The van der Waals surface area contributed by atoms with Crippen LogP contribution in [0, 0.1) is 0 Å². The molecule has 6 heteroatoms. The van der Waals surface area contributed by atoms with E-state index in [2.05, 4.69) is 21.2 Å². The number of carbonyl (C=O) groups excluding carboxylic acids is 2. The maximum atomic E-state index is 12.5. The van der Waals surface area contributed by atoms with Gasteiger partial charge in [0.05, 0.1) is 4.47 Å². The van der Waals surface area contributed by atoms with Gasteiger partial charge in [0, 0.05) is 18.7 Å². The fourth-order valence-corrected chi connectivity index (χ4v) is 2.58. The minimum absolute atomic E-state index is 0.0179. The number of carbonyl (C=O) groups is 2. The summed E-state index contributed by atoms with van der Waals surface area (Å²) in [4.78, 5) is 26.0. The average molecular weight is 341 g/mol. The first-order valence-corrected chi connectivity index (χ1v) is 7.41. The van der Waals surface area contributed by atoms with Crippen molar-refractivity contribution >= 4 is 27.7 Å². The first-order chi connectivity index (χ1) is 9.54. The van der Waals surface area contributed by atoms with Crippen LogP contribution in [-0.2, 0) is 4.79 Å². The molecular weight excluding hydrogens is 324 g/mol. The van der Waals surface area contributed by atoms with Crippen molar-refractivity contribution < 1.29 is 14.7 Å². The van der Waals surface area contributed by atoms with Crippen molar-refractivity contribution in [2.75, 3.05) is 13.1 Å². The summed E-state index contributed by atoms with van der Waals surface area (Å²) in [5, 5.41) is 12.5. The van der Waals surface area contributed by atoms with Crippen LogP contribution in [0.1, 0.15) is 30.1 Å². The lowest BCUT2D eigenvalue weighted by atomic mass is 10.0. The second-order valence-corrected chi connectivity index (χ2v) is 5.61. The van der Waals surface area contributed by atoms with E-state index in [-0.39, 0.29) is 17.6 Å². The Morgan fingerprint density at radius 3 is 2.95 bits per heavy atom. The van der Waals surface area contributed by atoms with Crippen molar-refractivity contribution in [3.8, 4) is 5.75 Å². The predicted molar refractivity (Wildman–Crippen MR) is 78.5 cm³/mol. The summed E-state index contributed by atoms with van der Waals surface area (Å²) in [6, 6.07) is 4.26. The van der Waals surface area contributed by atoms with Gasteiger partial charge >= 0.3 is 0 Å². The van der Waals surface area contributed by atoms with Gasteiger partial charge < -0.3 is 15.3 Å². The smallest absolute Gasteiger partial charge is 0.254 e. The van der Waals surface area contributed by atoms with Gasteiger partial charge in [-0.3, -0.25) is 9.59 Å². The van der Waals surface area contributed by atoms with Gasteiger partial charge in [0.2, 0.25) is 5.91 Å². The van der Waals surface area contributed by atoms with Crippen LogP contribution in [0.2, 0.25) is 0 Å². The minimum Gasteiger partial charge on any atom is -0.507 e. The standard InChI is InChI=1S/C14H17BrN2O3/c1-2-3-11-13(19)16-6-7-17(11)14(20)9-4-5-10(15)12(18)8-9/h4-5,8,11,18H,2-3,6-7H2,1H3,(H,16,19)/t11-/m1/s1. The van der Waals surface area contributed by atoms with E-state index in [1.165, 1.54) is 6.07 Å². The summed E-state index contributed by atoms with van der Waals surface area (Å²) < 4.78 is 0.538. The van der Waals surface area contributed by atoms with Crippen LogP contribution < -0.4 is 5.32 Å². The zero-order valence-corrected chi connectivity index (χ0v) is 12.8. The van der Waals surface area contributed by atoms with E-state index in [9.17, 15) is 14.7 Å². The molecule has 108 valence electrons. The van der Waals surface area contributed by atoms with Crippen LogP contribution in [0.4, 0.5) is 0 Å². The van der Waals surface area contributed by atoms with Crippen molar-refractivity contribution in [3.05, 3.63) is 28.2 Å². The lowest BCUT2D eigenvalue weighted by Crippen LogP contribution is -2.57. The Balaban J connectivity index is 2.25. The van der Waals surface area contributed by atoms with Crippen LogP contribution in [-0.4, -0.2) is 41.0 Å². The highest BCUT2D eigenvalue weighted by Gasteiger charge is 2.32. The van der Waals surface area contributed by atoms with E-state index in [1.54, 1.807) is 17.0 Å². The highest BCUT2D eigenvalue weighted by molar-refractivity contribution is 9.10. The fraction of sp³-hybridized carbons (Fsp3) is 0.429. The molecule has 2 rings (SSSR count). The molecule has 1 aromatic carbocycles. The molecule has 0 unspecified atom stereocenters. The number of rotatable bonds is 3. The lowest BCUT2D eigenvalue weighted by molar-refractivity contribution is -0.128. The summed E-state index contributed by atoms with van der Waals surface area (Å²) in [6.45, 7) is 2.94. The van der Waals surface area contributed by atoms with Gasteiger partial charge in [-0.1, -0.05) is 13.3 Å². The average Bonchev–Trinajstić information content (AvgIpc) is 2.43. The monoisotopic (exact) mass is 340 g/mol. The molecule has 1 aromatic rings. The summed E-state index contributed by atoms with van der Waals surface area (Å²) in [6.07, 6.45) is 1.47. The Hall–Kier alpha value is -1.56. The molecule has 2 N–H and O–H groups in total. The number of piperazine rings is 1. The number of phenols is 1. The summed E-state index contributed by atoms with van der Waals surface area (Å²) >= 11 is 3.18. The van der Waals surface area contributed by atoms with E-state index in [4.69, 9.17) is 0 Å². The number of aromatic hydroxyl groups is 1. The van der Waals surface area contributed by atoms with E-state index in [0.29, 0.717) is 29.5 Å². The largest absolute Gasteiger partial charge is 0.507 e. The molecule has 5 nitrogen and oxygen atoms in total. The van der Waals surface area contributed by atoms with Crippen LogP contribution in [0.25, 0.3) is 0 Å². The normalized spacial score (nSPS) is 18.8. The van der Waals surface area contributed by atoms with Gasteiger partial charge in [0.25, 0.3) is 5.91 Å². The molecule has 0 bridgehead atoms. The number of hydrogen-bond acceptors (Lipinski definition) is 3. The van der Waals surface area contributed by atoms with Crippen LogP contribution >= 0.6 is 15.9 Å². The molecule has 2 amide bonds. The number of halogens is 1. The number of amides is 2. The predicted octanol–water partition coefficient (Wildman–Crippen LogP) is 1.90. The topological polar surface area (TPSA) is 69.6 Å². The molecule has 0 radical (unpaired) electrons. The van der Waals surface area contributed by atoms with Crippen LogP contribution in [0.15, 0.2) is 22.7 Å². The molecule has 1 heterocycles. The first kappa shape index (κ1) is 14.8. The number of nitrogens with zero attached hydrogens (tertiary/aromatic N) is 1. The van der Waals surface area contributed by atoms with E-state index < -0.39 is 6.04 Å². The van der Waals surface area contributed by atoms with Gasteiger partial charge in [0.1, 0.15) is 11.8 Å². The van der Waals surface area contributed by atoms with Gasteiger partial charge in [-0.05, 0) is 40.5 Å². The van der Waals surface area contributed by atoms with Crippen molar-refractivity contribution in [3.63, 3.8) is 0 Å². The first-order valence-electron chi connectivity index (χ1n) is 6.61. The Morgan fingerprint density at radius 2 is 2.30 bits per heavy atom. The zero-order valence-electron chi connectivity index (χ0n) is 11.2. The van der Waals surface area contributed by atoms with Crippen LogP contribution in [0.3, 0.4) is 0 Å². The molecule has 1 atom stereocenters.